The predicted octanol–water partition coefficient (Wildman–Crippen LogP) is 1.72. The number of rotatable bonds is 3. The molecule has 0 aliphatic heterocycles. The molecule has 0 unspecified atom stereocenters. The second-order valence-electron chi connectivity index (χ2n) is 2.66. The predicted molar refractivity (Wildman–Crippen MR) is 50.3 cm³/mol. The van der Waals surface area contributed by atoms with Crippen LogP contribution < -0.4 is 10.5 Å². The Morgan fingerprint density at radius 2 is 2.17 bits per heavy atom. The number of benzene rings is 1. The molecule has 66 valence electrons. The number of methoxy groups -OCH3 is 1. The molecule has 1 aromatic carbocycles. The van der Waals surface area contributed by atoms with Crippen LogP contribution in [0, 0.1) is 0 Å². The Morgan fingerprint density at radius 1 is 1.42 bits per heavy atom. The average molecular weight is 165 g/mol. The molecule has 0 radical (unpaired) electrons. The van der Waals surface area contributed by atoms with Gasteiger partial charge < -0.3 is 10.5 Å². The van der Waals surface area contributed by atoms with Crippen molar-refractivity contribution in [3.63, 3.8) is 0 Å². The summed E-state index contributed by atoms with van der Waals surface area (Å²) < 4.78 is 5.22. The molecule has 1 aromatic rings. The summed E-state index contributed by atoms with van der Waals surface area (Å²) >= 11 is 0. The molecule has 2 nitrogen and oxygen atoms in total. The van der Waals surface area contributed by atoms with Crippen molar-refractivity contribution < 1.29 is 4.74 Å². The maximum atomic E-state index is 5.59. The Kier molecular flexibility index (Phi) is 3.11. The van der Waals surface area contributed by atoms with Gasteiger partial charge in [0.25, 0.3) is 0 Å². The lowest BCUT2D eigenvalue weighted by Gasteiger charge is -2.10. The van der Waals surface area contributed by atoms with Crippen molar-refractivity contribution in [1.29, 1.82) is 0 Å². The van der Waals surface area contributed by atoms with Crippen molar-refractivity contribution in [2.24, 2.45) is 5.73 Å². The first kappa shape index (κ1) is 9.07. The molecule has 0 aromatic heterocycles. The lowest BCUT2D eigenvalue weighted by Crippen LogP contribution is -2.02. The molecular formula is C10H15NO. The van der Waals surface area contributed by atoms with Gasteiger partial charge in [-0.2, -0.15) is 0 Å². The molecule has 0 fully saturated rings. The van der Waals surface area contributed by atoms with Gasteiger partial charge in [-0.25, -0.2) is 0 Å². The lowest BCUT2D eigenvalue weighted by molar-refractivity contribution is 0.409. The minimum absolute atomic E-state index is 0.584. The zero-order chi connectivity index (χ0) is 8.97. The van der Waals surface area contributed by atoms with Crippen LogP contribution in [0.2, 0.25) is 0 Å². The summed E-state index contributed by atoms with van der Waals surface area (Å²) in [5.41, 5.74) is 8.00. The Hall–Kier alpha value is -1.02. The molecule has 0 saturated heterocycles. The summed E-state index contributed by atoms with van der Waals surface area (Å²) in [5.74, 6) is 0.945. The van der Waals surface area contributed by atoms with E-state index in [0.29, 0.717) is 6.54 Å². The lowest BCUT2D eigenvalue weighted by atomic mass is 10.0. The molecule has 0 spiro atoms. The van der Waals surface area contributed by atoms with Crippen molar-refractivity contribution in [2.75, 3.05) is 7.11 Å². The van der Waals surface area contributed by atoms with E-state index in [1.165, 1.54) is 11.1 Å². The molecule has 0 aliphatic rings. The van der Waals surface area contributed by atoms with Gasteiger partial charge in [0.2, 0.25) is 0 Å². The van der Waals surface area contributed by atoms with Crippen LogP contribution in [0.15, 0.2) is 18.2 Å². The highest BCUT2D eigenvalue weighted by Gasteiger charge is 2.04. The van der Waals surface area contributed by atoms with Gasteiger partial charge in [0.15, 0.2) is 0 Å². The van der Waals surface area contributed by atoms with Crippen LogP contribution in [0.5, 0.6) is 5.75 Å². The first-order valence-electron chi connectivity index (χ1n) is 4.18. The standard InChI is InChI=1S/C10H15NO/c1-3-9-8(7-11)5-4-6-10(9)12-2/h4-6H,3,7,11H2,1-2H3. The normalized spacial score (nSPS) is 9.92. The van der Waals surface area contributed by atoms with Crippen LogP contribution in [0.3, 0.4) is 0 Å². The van der Waals surface area contributed by atoms with E-state index in [2.05, 4.69) is 6.92 Å². The summed E-state index contributed by atoms with van der Waals surface area (Å²) in [6, 6.07) is 5.99. The monoisotopic (exact) mass is 165 g/mol. The van der Waals surface area contributed by atoms with Crippen LogP contribution in [-0.2, 0) is 13.0 Å². The smallest absolute Gasteiger partial charge is 0.122 e. The number of hydrogen-bond acceptors (Lipinski definition) is 2. The van der Waals surface area contributed by atoms with Crippen LogP contribution in [0.1, 0.15) is 18.1 Å². The maximum Gasteiger partial charge on any atom is 0.122 e. The summed E-state index contributed by atoms with van der Waals surface area (Å²) in [5, 5.41) is 0. The molecule has 0 aliphatic carbocycles. The highest BCUT2D eigenvalue weighted by atomic mass is 16.5. The van der Waals surface area contributed by atoms with Gasteiger partial charge in [-0.05, 0) is 23.6 Å². The molecule has 0 amide bonds. The van der Waals surface area contributed by atoms with Crippen LogP contribution in [-0.4, -0.2) is 7.11 Å². The van der Waals surface area contributed by atoms with Crippen molar-refractivity contribution in [3.05, 3.63) is 29.3 Å². The third-order valence-electron chi connectivity index (χ3n) is 2.02. The van der Waals surface area contributed by atoms with Gasteiger partial charge in [-0.3, -0.25) is 0 Å². The van der Waals surface area contributed by atoms with Crippen molar-refractivity contribution in [1.82, 2.24) is 0 Å². The highest BCUT2D eigenvalue weighted by Crippen LogP contribution is 2.22. The fourth-order valence-electron chi connectivity index (χ4n) is 1.39. The zero-order valence-electron chi connectivity index (χ0n) is 7.63. The number of hydrogen-bond donors (Lipinski definition) is 1. The molecule has 0 saturated carbocycles. The van der Waals surface area contributed by atoms with Gasteiger partial charge >= 0.3 is 0 Å². The van der Waals surface area contributed by atoms with Gasteiger partial charge in [0, 0.05) is 6.54 Å². The van der Waals surface area contributed by atoms with Gasteiger partial charge in [0.1, 0.15) is 5.75 Å². The van der Waals surface area contributed by atoms with Crippen LogP contribution in [0.25, 0.3) is 0 Å². The second kappa shape index (κ2) is 4.12. The van der Waals surface area contributed by atoms with Crippen molar-refractivity contribution in [3.8, 4) is 5.75 Å². The van der Waals surface area contributed by atoms with Gasteiger partial charge in [0.05, 0.1) is 7.11 Å². The van der Waals surface area contributed by atoms with E-state index in [4.69, 9.17) is 10.5 Å². The summed E-state index contributed by atoms with van der Waals surface area (Å²) in [6.45, 7) is 2.69. The van der Waals surface area contributed by atoms with E-state index in [0.717, 1.165) is 12.2 Å². The minimum atomic E-state index is 0.584. The number of ether oxygens (including phenoxy) is 1. The SMILES string of the molecule is CCc1c(CN)cccc1OC. The maximum absolute atomic E-state index is 5.59. The highest BCUT2D eigenvalue weighted by molar-refractivity contribution is 5.40. The first-order valence-corrected chi connectivity index (χ1v) is 4.18. The van der Waals surface area contributed by atoms with E-state index in [1.807, 2.05) is 18.2 Å². The molecule has 2 heteroatoms. The van der Waals surface area contributed by atoms with Gasteiger partial charge in [-0.1, -0.05) is 19.1 Å². The van der Waals surface area contributed by atoms with Crippen LogP contribution >= 0.6 is 0 Å². The molecular weight excluding hydrogens is 150 g/mol. The molecule has 12 heavy (non-hydrogen) atoms. The van der Waals surface area contributed by atoms with Gasteiger partial charge in [-0.15, -0.1) is 0 Å². The van der Waals surface area contributed by atoms with E-state index in [-0.39, 0.29) is 0 Å². The topological polar surface area (TPSA) is 35.2 Å². The summed E-state index contributed by atoms with van der Waals surface area (Å²) in [6.07, 6.45) is 0.969. The third-order valence-corrected chi connectivity index (χ3v) is 2.02. The fraction of sp³-hybridized carbons (Fsp3) is 0.400. The Bertz CT molecular complexity index is 236. The average Bonchev–Trinajstić information content (AvgIpc) is 2.16. The Balaban J connectivity index is 3.13. The molecule has 1 rings (SSSR count). The third kappa shape index (κ3) is 1.59. The Labute approximate surface area is 73.3 Å². The van der Waals surface area contributed by atoms with E-state index in [9.17, 15) is 0 Å². The van der Waals surface area contributed by atoms with Crippen LogP contribution in [0.4, 0.5) is 0 Å². The first-order chi connectivity index (χ1) is 5.83. The van der Waals surface area contributed by atoms with E-state index in [1.54, 1.807) is 7.11 Å². The molecule has 0 heterocycles. The second-order valence-corrected chi connectivity index (χ2v) is 2.66. The summed E-state index contributed by atoms with van der Waals surface area (Å²) in [7, 11) is 1.69. The molecule has 0 bridgehead atoms. The largest absolute Gasteiger partial charge is 0.496 e. The molecule has 2 N–H and O–H groups in total. The quantitative estimate of drug-likeness (QED) is 0.740. The molecule has 0 atom stereocenters. The minimum Gasteiger partial charge on any atom is -0.496 e. The number of nitrogens with two attached hydrogens (primary N) is 1. The van der Waals surface area contributed by atoms with E-state index < -0.39 is 0 Å². The van der Waals surface area contributed by atoms with Crippen molar-refractivity contribution in [2.45, 2.75) is 19.9 Å². The fourth-order valence-corrected chi connectivity index (χ4v) is 1.39. The van der Waals surface area contributed by atoms with E-state index >= 15 is 0 Å². The summed E-state index contributed by atoms with van der Waals surface area (Å²) in [4.78, 5) is 0. The Morgan fingerprint density at radius 3 is 2.67 bits per heavy atom. The zero-order valence-corrected chi connectivity index (χ0v) is 7.63. The van der Waals surface area contributed by atoms with Crippen molar-refractivity contribution >= 4 is 0 Å².